The van der Waals surface area contributed by atoms with Crippen LogP contribution in [-0.2, 0) is 0 Å². The zero-order valence-electron chi connectivity index (χ0n) is 14.8. The molecule has 0 saturated heterocycles. The maximum absolute atomic E-state index is 13.0. The molecule has 2 amide bonds. The van der Waals surface area contributed by atoms with Crippen molar-refractivity contribution in [1.82, 2.24) is 5.32 Å². The molecular formula is C21H20FN3O2. The van der Waals surface area contributed by atoms with Crippen molar-refractivity contribution >= 4 is 23.2 Å². The van der Waals surface area contributed by atoms with E-state index < -0.39 is 11.7 Å². The van der Waals surface area contributed by atoms with Crippen LogP contribution >= 0.6 is 0 Å². The Bertz CT molecular complexity index is 933. The number of halogens is 1. The fourth-order valence-electron chi connectivity index (χ4n) is 2.84. The highest BCUT2D eigenvalue weighted by atomic mass is 19.1. The first-order valence-corrected chi connectivity index (χ1v) is 8.55. The van der Waals surface area contributed by atoms with E-state index in [9.17, 15) is 14.0 Å². The van der Waals surface area contributed by atoms with Crippen molar-refractivity contribution in [3.8, 4) is 0 Å². The van der Waals surface area contributed by atoms with Gasteiger partial charge in [0, 0.05) is 5.69 Å². The molecule has 0 saturated carbocycles. The van der Waals surface area contributed by atoms with Gasteiger partial charge >= 0.3 is 0 Å². The van der Waals surface area contributed by atoms with Crippen molar-refractivity contribution in [3.05, 3.63) is 83.2 Å². The van der Waals surface area contributed by atoms with Gasteiger partial charge < -0.3 is 16.4 Å². The summed E-state index contributed by atoms with van der Waals surface area (Å²) in [6.07, 6.45) is 6.59. The molecule has 2 aromatic rings. The van der Waals surface area contributed by atoms with E-state index in [1.807, 2.05) is 25.2 Å². The Hall–Kier alpha value is -3.41. The molecule has 0 aromatic heterocycles. The Kier molecular flexibility index (Phi) is 5.35. The minimum Gasteiger partial charge on any atom is -0.397 e. The largest absolute Gasteiger partial charge is 0.397 e. The molecule has 138 valence electrons. The van der Waals surface area contributed by atoms with E-state index in [4.69, 9.17) is 5.73 Å². The maximum Gasteiger partial charge on any atom is 0.257 e. The minimum atomic E-state index is -0.467. The molecule has 0 aliphatic heterocycles. The van der Waals surface area contributed by atoms with Crippen molar-refractivity contribution in [1.29, 1.82) is 0 Å². The standard InChI is InChI=1S/C21H20FN3O2/c1-13-5-2-3-8-18(13)25-21(27)17-7-4-6-16(19(17)23)20(26)24-15-11-9-14(22)10-12-15/h2-7,9-12,18H,8,23H2,1H3,(H,24,26)(H,25,27). The predicted molar refractivity (Wildman–Crippen MR) is 104 cm³/mol. The van der Waals surface area contributed by atoms with Crippen molar-refractivity contribution in [2.75, 3.05) is 11.1 Å². The van der Waals surface area contributed by atoms with E-state index in [0.29, 0.717) is 12.1 Å². The summed E-state index contributed by atoms with van der Waals surface area (Å²) in [6.45, 7) is 1.95. The molecule has 0 fully saturated rings. The molecule has 0 radical (unpaired) electrons. The summed E-state index contributed by atoms with van der Waals surface area (Å²) >= 11 is 0. The first-order valence-electron chi connectivity index (χ1n) is 8.55. The summed E-state index contributed by atoms with van der Waals surface area (Å²) in [4.78, 5) is 25.1. The molecule has 1 aliphatic carbocycles. The van der Waals surface area contributed by atoms with E-state index in [0.717, 1.165) is 5.57 Å². The number of benzene rings is 2. The molecule has 1 unspecified atom stereocenters. The van der Waals surface area contributed by atoms with Gasteiger partial charge in [-0.25, -0.2) is 4.39 Å². The molecule has 1 atom stereocenters. The van der Waals surface area contributed by atoms with Gasteiger partial charge in [0.15, 0.2) is 0 Å². The van der Waals surface area contributed by atoms with Crippen LogP contribution in [-0.4, -0.2) is 17.9 Å². The van der Waals surface area contributed by atoms with Crippen molar-refractivity contribution in [2.24, 2.45) is 0 Å². The summed E-state index contributed by atoms with van der Waals surface area (Å²) in [5.41, 5.74) is 8.10. The van der Waals surface area contributed by atoms with Crippen LogP contribution in [0, 0.1) is 5.82 Å². The van der Waals surface area contributed by atoms with Gasteiger partial charge in [-0.1, -0.05) is 29.9 Å². The number of nitrogen functional groups attached to an aromatic ring is 1. The monoisotopic (exact) mass is 365 g/mol. The van der Waals surface area contributed by atoms with Gasteiger partial charge in [0.05, 0.1) is 22.9 Å². The summed E-state index contributed by atoms with van der Waals surface area (Å²) in [6, 6.07) is 10.0. The summed E-state index contributed by atoms with van der Waals surface area (Å²) in [5, 5.41) is 5.58. The second kappa shape index (κ2) is 7.86. The van der Waals surface area contributed by atoms with Gasteiger partial charge in [0.1, 0.15) is 5.82 Å². The molecule has 2 aromatic carbocycles. The van der Waals surface area contributed by atoms with Crippen LogP contribution < -0.4 is 16.4 Å². The normalized spacial score (nSPS) is 15.8. The van der Waals surface area contributed by atoms with Crippen LogP contribution in [0.25, 0.3) is 0 Å². The highest BCUT2D eigenvalue weighted by Gasteiger charge is 2.20. The topological polar surface area (TPSA) is 84.2 Å². The third kappa shape index (κ3) is 4.23. The van der Waals surface area contributed by atoms with Gasteiger partial charge in [-0.15, -0.1) is 0 Å². The van der Waals surface area contributed by atoms with Gasteiger partial charge in [-0.2, -0.15) is 0 Å². The second-order valence-corrected chi connectivity index (χ2v) is 6.33. The Morgan fingerprint density at radius 3 is 2.41 bits per heavy atom. The molecule has 6 heteroatoms. The lowest BCUT2D eigenvalue weighted by atomic mass is 9.99. The molecule has 1 aliphatic rings. The summed E-state index contributed by atoms with van der Waals surface area (Å²) in [5.74, 6) is -1.20. The van der Waals surface area contributed by atoms with Gasteiger partial charge in [0.25, 0.3) is 11.8 Å². The lowest BCUT2D eigenvalue weighted by molar-refractivity contribution is 0.0943. The number of carbonyl (C=O) groups is 2. The molecule has 27 heavy (non-hydrogen) atoms. The first kappa shape index (κ1) is 18.4. The summed E-state index contributed by atoms with van der Waals surface area (Å²) in [7, 11) is 0. The fraction of sp³-hybridized carbons (Fsp3) is 0.143. The number of nitrogens with one attached hydrogen (secondary N) is 2. The Morgan fingerprint density at radius 1 is 1.07 bits per heavy atom. The van der Waals surface area contributed by atoms with E-state index in [1.165, 1.54) is 24.3 Å². The van der Waals surface area contributed by atoms with Crippen molar-refractivity contribution < 1.29 is 14.0 Å². The zero-order valence-corrected chi connectivity index (χ0v) is 14.8. The van der Waals surface area contributed by atoms with E-state index in [2.05, 4.69) is 10.6 Å². The quantitative estimate of drug-likeness (QED) is 0.723. The second-order valence-electron chi connectivity index (χ2n) is 6.33. The SMILES string of the molecule is CC1=CC=CCC1NC(=O)c1cccc(C(=O)Nc2ccc(F)cc2)c1N. The highest BCUT2D eigenvalue weighted by Crippen LogP contribution is 2.21. The van der Waals surface area contributed by atoms with Gasteiger partial charge in [-0.05, 0) is 49.7 Å². The molecular weight excluding hydrogens is 345 g/mol. The molecule has 4 N–H and O–H groups in total. The molecule has 5 nitrogen and oxygen atoms in total. The number of amides is 2. The lowest BCUT2D eigenvalue weighted by Crippen LogP contribution is -2.36. The number of para-hydroxylation sites is 1. The maximum atomic E-state index is 13.0. The van der Waals surface area contributed by atoms with Crippen LogP contribution in [0.1, 0.15) is 34.1 Å². The Morgan fingerprint density at radius 2 is 1.74 bits per heavy atom. The lowest BCUT2D eigenvalue weighted by Gasteiger charge is -2.21. The minimum absolute atomic E-state index is 0.0985. The third-order valence-corrected chi connectivity index (χ3v) is 4.42. The van der Waals surface area contributed by atoms with Gasteiger partial charge in [-0.3, -0.25) is 9.59 Å². The number of hydrogen-bond acceptors (Lipinski definition) is 3. The van der Waals surface area contributed by atoms with E-state index >= 15 is 0 Å². The van der Waals surface area contributed by atoms with Gasteiger partial charge in [0.2, 0.25) is 0 Å². The summed E-state index contributed by atoms with van der Waals surface area (Å²) < 4.78 is 13.0. The van der Waals surface area contributed by atoms with E-state index in [1.54, 1.807) is 18.2 Å². The number of allylic oxidation sites excluding steroid dienone is 2. The average Bonchev–Trinajstić information content (AvgIpc) is 2.65. The van der Waals surface area contributed by atoms with Crippen LogP contribution in [0.3, 0.4) is 0 Å². The van der Waals surface area contributed by atoms with Crippen LogP contribution in [0.4, 0.5) is 15.8 Å². The third-order valence-electron chi connectivity index (χ3n) is 4.42. The zero-order chi connectivity index (χ0) is 19.4. The Balaban J connectivity index is 1.77. The highest BCUT2D eigenvalue weighted by molar-refractivity contribution is 6.11. The van der Waals surface area contributed by atoms with Crippen LogP contribution in [0.2, 0.25) is 0 Å². The fourth-order valence-corrected chi connectivity index (χ4v) is 2.84. The molecule has 0 spiro atoms. The number of anilines is 2. The average molecular weight is 365 g/mol. The Labute approximate surface area is 156 Å². The molecule has 0 bridgehead atoms. The molecule has 3 rings (SSSR count). The number of nitrogens with two attached hydrogens (primary N) is 1. The predicted octanol–water partition coefficient (Wildman–Crippen LogP) is 3.66. The molecule has 0 heterocycles. The smallest absolute Gasteiger partial charge is 0.257 e. The van der Waals surface area contributed by atoms with Crippen LogP contribution in [0.15, 0.2) is 66.3 Å². The number of hydrogen-bond donors (Lipinski definition) is 3. The number of rotatable bonds is 4. The van der Waals surface area contributed by atoms with Crippen LogP contribution in [0.5, 0.6) is 0 Å². The van der Waals surface area contributed by atoms with E-state index in [-0.39, 0.29) is 28.8 Å². The first-order chi connectivity index (χ1) is 13.0. The van der Waals surface area contributed by atoms with Crippen molar-refractivity contribution in [2.45, 2.75) is 19.4 Å². The number of carbonyl (C=O) groups excluding carboxylic acids is 2. The van der Waals surface area contributed by atoms with Crippen molar-refractivity contribution in [3.63, 3.8) is 0 Å².